The van der Waals surface area contributed by atoms with Crippen LogP contribution in [-0.2, 0) is 14.8 Å². The lowest BCUT2D eigenvalue weighted by atomic mass is 10.1. The van der Waals surface area contributed by atoms with Crippen molar-refractivity contribution in [3.05, 3.63) is 24.5 Å². The Balaban J connectivity index is 1.63. The fraction of sp³-hybridized carbons (Fsp3) is 0.696. The summed E-state index contributed by atoms with van der Waals surface area (Å²) in [6.45, 7) is 6.12. The molecule has 34 heavy (non-hydrogen) atoms. The molecule has 0 radical (unpaired) electrons. The van der Waals surface area contributed by atoms with Gasteiger partial charge in [-0.1, -0.05) is 25.7 Å². The van der Waals surface area contributed by atoms with E-state index in [1.807, 2.05) is 17.0 Å². The zero-order valence-corrected chi connectivity index (χ0v) is 21.1. The second kappa shape index (κ2) is 15.6. The first-order valence-electron chi connectivity index (χ1n) is 12.1. The molecule has 0 unspecified atom stereocenters. The van der Waals surface area contributed by atoms with Gasteiger partial charge in [-0.15, -0.1) is 4.99 Å². The summed E-state index contributed by atoms with van der Waals surface area (Å²) in [6.07, 6.45) is 13.2. The minimum atomic E-state index is -3.18. The van der Waals surface area contributed by atoms with E-state index in [9.17, 15) is 8.42 Å². The van der Waals surface area contributed by atoms with E-state index in [1.165, 1.54) is 6.26 Å². The van der Waals surface area contributed by atoms with Crippen molar-refractivity contribution in [2.45, 2.75) is 44.9 Å². The Hall–Kier alpha value is -2.26. The molecule has 0 atom stereocenters. The third-order valence-corrected chi connectivity index (χ3v) is 7.21. The molecule has 1 aliphatic rings. The molecule has 11 heteroatoms. The molecule has 0 aliphatic carbocycles. The van der Waals surface area contributed by atoms with Gasteiger partial charge < -0.3 is 15.4 Å². The molecule has 2 N–H and O–H groups in total. The number of nitrogens with zero attached hydrogens (tertiary/aromatic N) is 6. The summed E-state index contributed by atoms with van der Waals surface area (Å²) >= 11 is 0. The number of ether oxygens (including phenoxy) is 1. The highest BCUT2D eigenvalue weighted by Gasteiger charge is 2.17. The van der Waals surface area contributed by atoms with Crippen molar-refractivity contribution in [2.24, 2.45) is 10.7 Å². The summed E-state index contributed by atoms with van der Waals surface area (Å²) in [5, 5.41) is 8.82. The first-order chi connectivity index (χ1) is 16.4. The average molecular weight is 494 g/mol. The number of sulfonamides is 1. The van der Waals surface area contributed by atoms with Crippen LogP contribution >= 0.6 is 0 Å². The van der Waals surface area contributed by atoms with Gasteiger partial charge >= 0.3 is 0 Å². The Morgan fingerprint density at radius 2 is 1.68 bits per heavy atom. The first kappa shape index (κ1) is 28.0. The van der Waals surface area contributed by atoms with Gasteiger partial charge in [0.2, 0.25) is 22.2 Å². The van der Waals surface area contributed by atoms with E-state index in [4.69, 9.17) is 15.7 Å². The number of unbranched alkanes of at least 4 members (excludes halogenated alkanes) is 5. The molecular weight excluding hydrogens is 454 g/mol. The van der Waals surface area contributed by atoms with Gasteiger partial charge in [0.25, 0.3) is 0 Å². The summed E-state index contributed by atoms with van der Waals surface area (Å²) in [6, 6.07) is 3.68. The van der Waals surface area contributed by atoms with E-state index >= 15 is 0 Å². The summed E-state index contributed by atoms with van der Waals surface area (Å²) in [5.41, 5.74) is 6.81. The van der Waals surface area contributed by atoms with Crippen molar-refractivity contribution < 1.29 is 13.2 Å². The molecule has 0 spiro atoms. The van der Waals surface area contributed by atoms with Gasteiger partial charge in [0.05, 0.1) is 19.5 Å². The lowest BCUT2D eigenvalue weighted by Crippen LogP contribution is -2.39. The van der Waals surface area contributed by atoms with E-state index in [0.29, 0.717) is 19.6 Å². The Morgan fingerprint density at radius 3 is 2.29 bits per heavy atom. The number of anilines is 1. The molecule has 0 amide bonds. The van der Waals surface area contributed by atoms with Gasteiger partial charge in [0.1, 0.15) is 0 Å². The van der Waals surface area contributed by atoms with Crippen LogP contribution in [0.2, 0.25) is 0 Å². The molecule has 2 rings (SSSR count). The molecule has 0 saturated carbocycles. The van der Waals surface area contributed by atoms with Crippen LogP contribution in [0.1, 0.15) is 44.9 Å². The number of hydrogen-bond acceptors (Lipinski definition) is 7. The number of nitriles is 1. The molecular formula is C23H39N7O3S. The molecule has 1 aliphatic heterocycles. The van der Waals surface area contributed by atoms with E-state index in [-0.39, 0.29) is 5.96 Å². The fourth-order valence-corrected chi connectivity index (χ4v) is 4.94. The minimum Gasteiger partial charge on any atom is -0.379 e. The van der Waals surface area contributed by atoms with Gasteiger partial charge in [-0.25, -0.2) is 12.7 Å². The van der Waals surface area contributed by atoms with Crippen LogP contribution in [0.5, 0.6) is 0 Å². The topological polar surface area (TPSA) is 128 Å². The van der Waals surface area contributed by atoms with Crippen molar-refractivity contribution in [2.75, 3.05) is 63.6 Å². The Bertz CT molecular complexity index is 868. The zero-order chi connectivity index (χ0) is 24.7. The third-order valence-electron chi connectivity index (χ3n) is 5.91. The van der Waals surface area contributed by atoms with E-state index < -0.39 is 10.0 Å². The van der Waals surface area contributed by atoms with Crippen LogP contribution in [0.3, 0.4) is 0 Å². The normalized spacial score (nSPS) is 15.4. The van der Waals surface area contributed by atoms with Crippen molar-refractivity contribution >= 4 is 21.7 Å². The van der Waals surface area contributed by atoms with Crippen molar-refractivity contribution in [3.63, 3.8) is 0 Å². The molecule has 10 nitrogen and oxygen atoms in total. The second-order valence-corrected chi connectivity index (χ2v) is 10.5. The van der Waals surface area contributed by atoms with Crippen molar-refractivity contribution in [3.8, 4) is 6.19 Å². The van der Waals surface area contributed by atoms with Gasteiger partial charge in [-0.2, -0.15) is 5.26 Å². The molecule has 1 aromatic heterocycles. The van der Waals surface area contributed by atoms with Crippen LogP contribution in [0, 0.1) is 11.5 Å². The number of aliphatic imine (C=N–C) groups is 1. The number of pyridine rings is 1. The maximum absolute atomic E-state index is 12.1. The SMILES string of the molecule is CS(=O)(=O)N(CCCCCCCCN(C(N)=NC#N)c1ccncc1)CCCN1CCOCC1. The standard InChI is InChI=1S/C23H39N7O3S/c1-34(31,32)29(15-8-13-28-17-19-33-20-18-28)14-6-4-2-3-5-7-16-30(23(25)27-21-24)22-9-11-26-12-10-22/h9-12H,2-8,13-20H2,1H3,(H2,25,27). The lowest BCUT2D eigenvalue weighted by Gasteiger charge is -2.27. The molecule has 0 aromatic carbocycles. The van der Waals surface area contributed by atoms with E-state index in [2.05, 4.69) is 14.9 Å². The lowest BCUT2D eigenvalue weighted by molar-refractivity contribution is 0.0369. The number of hydrogen-bond donors (Lipinski definition) is 1. The predicted octanol–water partition coefficient (Wildman–Crippen LogP) is 2.01. The quantitative estimate of drug-likeness (QED) is 0.170. The number of guanidine groups is 1. The smallest absolute Gasteiger partial charge is 0.211 e. The highest BCUT2D eigenvalue weighted by molar-refractivity contribution is 7.88. The Morgan fingerprint density at radius 1 is 1.09 bits per heavy atom. The zero-order valence-electron chi connectivity index (χ0n) is 20.3. The van der Waals surface area contributed by atoms with Crippen LogP contribution in [0.25, 0.3) is 0 Å². The average Bonchev–Trinajstić information content (AvgIpc) is 2.82. The molecule has 1 aromatic rings. The van der Waals surface area contributed by atoms with Gasteiger partial charge in [0.15, 0.2) is 0 Å². The number of nitrogens with two attached hydrogens (primary N) is 1. The monoisotopic (exact) mass is 493 g/mol. The largest absolute Gasteiger partial charge is 0.379 e. The van der Waals surface area contributed by atoms with Gasteiger partial charge in [-0.3, -0.25) is 9.88 Å². The Labute approximate surface area is 204 Å². The predicted molar refractivity (Wildman–Crippen MR) is 135 cm³/mol. The van der Waals surface area contributed by atoms with Crippen molar-refractivity contribution in [1.82, 2.24) is 14.2 Å². The Kier molecular flexibility index (Phi) is 12.8. The highest BCUT2D eigenvalue weighted by atomic mass is 32.2. The molecule has 0 bridgehead atoms. The second-order valence-electron chi connectivity index (χ2n) is 8.52. The molecule has 1 fully saturated rings. The van der Waals surface area contributed by atoms with E-state index in [1.54, 1.807) is 22.9 Å². The summed E-state index contributed by atoms with van der Waals surface area (Å²) in [5.74, 6) is 0.184. The molecule has 2 heterocycles. The number of rotatable bonds is 15. The highest BCUT2D eigenvalue weighted by Crippen LogP contribution is 2.15. The summed E-state index contributed by atoms with van der Waals surface area (Å²) in [4.78, 5) is 11.8. The third kappa shape index (κ3) is 10.8. The van der Waals surface area contributed by atoms with E-state index in [0.717, 1.165) is 83.5 Å². The number of aromatic nitrogens is 1. The molecule has 1 saturated heterocycles. The van der Waals surface area contributed by atoms with Crippen LogP contribution in [-0.4, -0.2) is 87.3 Å². The minimum absolute atomic E-state index is 0.184. The van der Waals surface area contributed by atoms with Crippen LogP contribution in [0.4, 0.5) is 5.69 Å². The van der Waals surface area contributed by atoms with Gasteiger partial charge in [-0.05, 0) is 37.9 Å². The first-order valence-corrected chi connectivity index (χ1v) is 13.9. The maximum atomic E-state index is 12.1. The van der Waals surface area contributed by atoms with Crippen molar-refractivity contribution in [1.29, 1.82) is 5.26 Å². The summed E-state index contributed by atoms with van der Waals surface area (Å²) in [7, 11) is -3.18. The fourth-order valence-electron chi connectivity index (χ4n) is 4.02. The molecule has 190 valence electrons. The van der Waals surface area contributed by atoms with Crippen LogP contribution in [0.15, 0.2) is 29.5 Å². The maximum Gasteiger partial charge on any atom is 0.211 e. The van der Waals surface area contributed by atoms with Crippen LogP contribution < -0.4 is 10.6 Å². The number of morpholine rings is 1. The van der Waals surface area contributed by atoms with Gasteiger partial charge in [0, 0.05) is 50.8 Å². The summed E-state index contributed by atoms with van der Waals surface area (Å²) < 4.78 is 31.3.